The Morgan fingerprint density at radius 3 is 2.25 bits per heavy atom. The smallest absolute Gasteiger partial charge is 0.303 e. The second kappa shape index (κ2) is 6.66. The average Bonchev–Trinajstić information content (AvgIpc) is 2.00. The van der Waals surface area contributed by atoms with E-state index in [9.17, 15) is 4.79 Å². The van der Waals surface area contributed by atoms with Crippen LogP contribution in [0.15, 0.2) is 0 Å². The molecular weight excluding hydrogens is 192 g/mol. The summed E-state index contributed by atoms with van der Waals surface area (Å²) in [6.07, 6.45) is 2.86. The zero-order valence-electron chi connectivity index (χ0n) is 7.23. The third kappa shape index (κ3) is 5.77. The van der Waals surface area contributed by atoms with Gasteiger partial charge in [-0.05, 0) is 12.8 Å². The highest BCUT2D eigenvalue weighted by atomic mass is 32.1. The SMILES string of the molecule is CCCC(S)C(S)CCC(=O)O. The fourth-order valence-corrected chi connectivity index (χ4v) is 1.64. The van der Waals surface area contributed by atoms with Crippen LogP contribution >= 0.6 is 25.3 Å². The fourth-order valence-electron chi connectivity index (χ4n) is 0.952. The maximum absolute atomic E-state index is 10.2. The molecule has 0 saturated carbocycles. The van der Waals surface area contributed by atoms with Gasteiger partial charge in [0.2, 0.25) is 0 Å². The molecule has 12 heavy (non-hydrogen) atoms. The van der Waals surface area contributed by atoms with Gasteiger partial charge in [-0.1, -0.05) is 13.3 Å². The molecule has 0 aliphatic heterocycles. The minimum absolute atomic E-state index is 0.101. The Hall–Kier alpha value is 0.170. The minimum Gasteiger partial charge on any atom is -0.481 e. The van der Waals surface area contributed by atoms with E-state index < -0.39 is 5.97 Å². The van der Waals surface area contributed by atoms with Gasteiger partial charge in [-0.25, -0.2) is 0 Å². The molecule has 0 aromatic heterocycles. The molecule has 0 aliphatic rings. The summed E-state index contributed by atoms with van der Waals surface area (Å²) in [5.41, 5.74) is 0. The Morgan fingerprint density at radius 2 is 1.83 bits per heavy atom. The highest BCUT2D eigenvalue weighted by molar-refractivity contribution is 7.85. The van der Waals surface area contributed by atoms with Crippen LogP contribution in [0, 0.1) is 0 Å². The first-order valence-electron chi connectivity index (χ1n) is 4.15. The van der Waals surface area contributed by atoms with Crippen molar-refractivity contribution in [3.8, 4) is 0 Å². The Balaban J connectivity index is 3.55. The summed E-state index contributed by atoms with van der Waals surface area (Å²) in [6.45, 7) is 2.08. The Bertz CT molecular complexity index is 139. The third-order valence-electron chi connectivity index (χ3n) is 1.68. The van der Waals surface area contributed by atoms with Gasteiger partial charge in [0.25, 0.3) is 0 Å². The van der Waals surface area contributed by atoms with Gasteiger partial charge in [0.05, 0.1) is 0 Å². The van der Waals surface area contributed by atoms with E-state index in [1.807, 2.05) is 0 Å². The molecule has 0 aliphatic carbocycles. The number of carbonyl (C=O) groups is 1. The van der Waals surface area contributed by atoms with Gasteiger partial charge in [-0.2, -0.15) is 25.3 Å². The number of aliphatic carboxylic acids is 1. The van der Waals surface area contributed by atoms with Gasteiger partial charge < -0.3 is 5.11 Å². The summed E-state index contributed by atoms with van der Waals surface area (Å²) < 4.78 is 0. The Kier molecular flexibility index (Phi) is 6.76. The van der Waals surface area contributed by atoms with E-state index in [0.29, 0.717) is 6.42 Å². The van der Waals surface area contributed by atoms with E-state index in [1.165, 1.54) is 0 Å². The molecule has 0 radical (unpaired) electrons. The van der Waals surface area contributed by atoms with E-state index >= 15 is 0 Å². The van der Waals surface area contributed by atoms with E-state index in [4.69, 9.17) is 5.11 Å². The summed E-state index contributed by atoms with van der Waals surface area (Å²) in [5, 5.41) is 8.74. The van der Waals surface area contributed by atoms with Crippen molar-refractivity contribution in [2.24, 2.45) is 0 Å². The van der Waals surface area contributed by atoms with Gasteiger partial charge >= 0.3 is 5.97 Å². The summed E-state index contributed by atoms with van der Waals surface area (Å²) in [4.78, 5) is 10.2. The monoisotopic (exact) mass is 208 g/mol. The summed E-state index contributed by atoms with van der Waals surface area (Å²) in [7, 11) is 0. The van der Waals surface area contributed by atoms with Gasteiger partial charge in [-0.3, -0.25) is 4.79 Å². The summed E-state index contributed by atoms with van der Waals surface area (Å²) >= 11 is 8.63. The van der Waals surface area contributed by atoms with Gasteiger partial charge in [0, 0.05) is 16.9 Å². The van der Waals surface area contributed by atoms with Crippen LogP contribution < -0.4 is 0 Å². The lowest BCUT2D eigenvalue weighted by Crippen LogP contribution is -2.16. The molecule has 4 heteroatoms. The molecule has 2 unspecified atom stereocenters. The molecule has 0 rings (SSSR count). The molecule has 0 bridgehead atoms. The zero-order valence-corrected chi connectivity index (χ0v) is 9.02. The van der Waals surface area contributed by atoms with Crippen LogP contribution in [-0.2, 0) is 4.79 Å². The van der Waals surface area contributed by atoms with E-state index in [-0.39, 0.29) is 16.9 Å². The van der Waals surface area contributed by atoms with Crippen LogP contribution in [0.25, 0.3) is 0 Å². The van der Waals surface area contributed by atoms with Crippen molar-refractivity contribution < 1.29 is 9.90 Å². The second-order valence-electron chi connectivity index (χ2n) is 2.86. The lowest BCUT2D eigenvalue weighted by atomic mass is 10.1. The molecule has 2 nitrogen and oxygen atoms in total. The number of hydrogen-bond donors (Lipinski definition) is 3. The third-order valence-corrected chi connectivity index (χ3v) is 3.15. The number of carboxylic acid groups (broad SMARTS) is 1. The molecule has 0 spiro atoms. The molecule has 0 amide bonds. The normalized spacial score (nSPS) is 15.6. The molecule has 0 fully saturated rings. The van der Waals surface area contributed by atoms with Crippen LogP contribution in [0.1, 0.15) is 32.6 Å². The Morgan fingerprint density at radius 1 is 1.33 bits per heavy atom. The number of rotatable bonds is 6. The fraction of sp³-hybridized carbons (Fsp3) is 0.875. The standard InChI is InChI=1S/C8H16O2S2/c1-2-3-6(11)7(12)4-5-8(9)10/h6-7,11-12H,2-5H2,1H3,(H,9,10). The van der Waals surface area contributed by atoms with Crippen LogP contribution in [0.2, 0.25) is 0 Å². The highest BCUT2D eigenvalue weighted by Gasteiger charge is 2.13. The van der Waals surface area contributed by atoms with Crippen LogP contribution in [0.5, 0.6) is 0 Å². The van der Waals surface area contributed by atoms with Crippen molar-refractivity contribution in [3.05, 3.63) is 0 Å². The lowest BCUT2D eigenvalue weighted by Gasteiger charge is -2.16. The maximum Gasteiger partial charge on any atom is 0.303 e. The van der Waals surface area contributed by atoms with Crippen molar-refractivity contribution in [3.63, 3.8) is 0 Å². The Labute approximate surface area is 84.6 Å². The van der Waals surface area contributed by atoms with Crippen molar-refractivity contribution in [2.45, 2.75) is 43.1 Å². The number of thiol groups is 2. The largest absolute Gasteiger partial charge is 0.481 e. The molecule has 0 aromatic rings. The molecule has 72 valence electrons. The maximum atomic E-state index is 10.2. The molecule has 0 aromatic carbocycles. The van der Waals surface area contributed by atoms with Gasteiger partial charge in [0.1, 0.15) is 0 Å². The quantitative estimate of drug-likeness (QED) is 0.586. The molecular formula is C8H16O2S2. The van der Waals surface area contributed by atoms with Crippen LogP contribution in [0.4, 0.5) is 0 Å². The second-order valence-corrected chi connectivity index (χ2v) is 4.18. The molecule has 0 heterocycles. The predicted octanol–water partition coefficient (Wildman–Crippen LogP) is 2.25. The van der Waals surface area contributed by atoms with Crippen LogP contribution in [0.3, 0.4) is 0 Å². The van der Waals surface area contributed by atoms with Gasteiger partial charge in [-0.15, -0.1) is 0 Å². The highest BCUT2D eigenvalue weighted by Crippen LogP contribution is 2.18. The first-order valence-corrected chi connectivity index (χ1v) is 5.19. The first-order chi connectivity index (χ1) is 5.57. The molecule has 1 N–H and O–H groups in total. The minimum atomic E-state index is -0.758. The predicted molar refractivity (Wildman–Crippen MR) is 57.3 cm³/mol. The molecule has 0 saturated heterocycles. The average molecular weight is 208 g/mol. The van der Waals surface area contributed by atoms with E-state index in [2.05, 4.69) is 32.2 Å². The number of carboxylic acids is 1. The van der Waals surface area contributed by atoms with Crippen molar-refractivity contribution in [2.75, 3.05) is 0 Å². The zero-order chi connectivity index (χ0) is 9.56. The topological polar surface area (TPSA) is 37.3 Å². The first kappa shape index (κ1) is 12.2. The van der Waals surface area contributed by atoms with Crippen LogP contribution in [-0.4, -0.2) is 21.6 Å². The van der Waals surface area contributed by atoms with E-state index in [1.54, 1.807) is 0 Å². The number of hydrogen-bond acceptors (Lipinski definition) is 3. The summed E-state index contributed by atoms with van der Waals surface area (Å²) in [5.74, 6) is -0.758. The lowest BCUT2D eigenvalue weighted by molar-refractivity contribution is -0.137. The summed E-state index contributed by atoms with van der Waals surface area (Å²) in [6, 6.07) is 0. The van der Waals surface area contributed by atoms with Crippen molar-refractivity contribution >= 4 is 31.2 Å². The molecule has 2 atom stereocenters. The van der Waals surface area contributed by atoms with E-state index in [0.717, 1.165) is 12.8 Å². The van der Waals surface area contributed by atoms with Gasteiger partial charge in [0.15, 0.2) is 0 Å². The van der Waals surface area contributed by atoms with Crippen molar-refractivity contribution in [1.82, 2.24) is 0 Å². The van der Waals surface area contributed by atoms with Crippen molar-refractivity contribution in [1.29, 1.82) is 0 Å².